The topological polar surface area (TPSA) is 21.7 Å². The zero-order chi connectivity index (χ0) is 18.7. The minimum absolute atomic E-state index is 0.463. The molecule has 0 radical (unpaired) electrons. The first-order valence-corrected chi connectivity index (χ1v) is 9.71. The molecule has 3 heteroatoms. The molecule has 2 aromatic carbocycles. The lowest BCUT2D eigenvalue weighted by atomic mass is 10.0. The molecule has 0 unspecified atom stereocenters. The summed E-state index contributed by atoms with van der Waals surface area (Å²) in [6.07, 6.45) is 3.92. The number of nitrogens with zero attached hydrogens (tertiary/aromatic N) is 1. The molecule has 1 saturated heterocycles. The highest BCUT2D eigenvalue weighted by Gasteiger charge is 2.16. The molecule has 1 aliphatic rings. The number of hydrogen-bond acceptors (Lipinski definition) is 3. The second-order valence-corrected chi connectivity index (χ2v) is 7.62. The number of ether oxygens (including phenoxy) is 2. The summed E-state index contributed by atoms with van der Waals surface area (Å²) in [5.74, 6) is 2.95. The zero-order valence-corrected chi connectivity index (χ0v) is 16.8. The Balaban J connectivity index is 1.88. The van der Waals surface area contributed by atoms with Gasteiger partial charge in [-0.2, -0.15) is 0 Å². The van der Waals surface area contributed by atoms with Crippen LogP contribution in [0.3, 0.4) is 0 Å². The lowest BCUT2D eigenvalue weighted by Crippen LogP contribution is -2.29. The van der Waals surface area contributed by atoms with Crippen LogP contribution in [0.1, 0.15) is 55.7 Å². The van der Waals surface area contributed by atoms with Crippen LogP contribution in [0.2, 0.25) is 0 Å². The van der Waals surface area contributed by atoms with Crippen molar-refractivity contribution in [3.63, 3.8) is 0 Å². The van der Waals surface area contributed by atoms with E-state index < -0.39 is 0 Å². The highest BCUT2D eigenvalue weighted by molar-refractivity contribution is 5.58. The van der Waals surface area contributed by atoms with Crippen molar-refractivity contribution in [3.8, 4) is 17.2 Å². The van der Waals surface area contributed by atoms with Gasteiger partial charge in [0.1, 0.15) is 5.75 Å². The number of anilines is 1. The van der Waals surface area contributed by atoms with Crippen molar-refractivity contribution in [2.24, 2.45) is 0 Å². The summed E-state index contributed by atoms with van der Waals surface area (Å²) in [4.78, 5) is 2.49. The molecule has 140 valence electrons. The molecule has 0 atom stereocenters. The summed E-state index contributed by atoms with van der Waals surface area (Å²) in [7, 11) is 1.70. The summed E-state index contributed by atoms with van der Waals surface area (Å²) in [5.41, 5.74) is 4.90. The second kappa shape index (κ2) is 8.03. The molecular formula is C23H31NO2. The van der Waals surface area contributed by atoms with E-state index in [9.17, 15) is 0 Å². The van der Waals surface area contributed by atoms with Gasteiger partial charge in [0.05, 0.1) is 7.11 Å². The Morgan fingerprint density at radius 2 is 1.54 bits per heavy atom. The van der Waals surface area contributed by atoms with Crippen LogP contribution in [0.25, 0.3) is 0 Å². The van der Waals surface area contributed by atoms with Gasteiger partial charge in [0.2, 0.25) is 0 Å². The van der Waals surface area contributed by atoms with Crippen molar-refractivity contribution >= 4 is 5.69 Å². The van der Waals surface area contributed by atoms with Gasteiger partial charge in [0.25, 0.3) is 0 Å². The molecule has 0 amide bonds. The Bertz CT molecular complexity index is 738. The van der Waals surface area contributed by atoms with Gasteiger partial charge < -0.3 is 14.4 Å². The Hall–Kier alpha value is -2.16. The Kier molecular flexibility index (Phi) is 5.75. The second-order valence-electron chi connectivity index (χ2n) is 7.62. The normalized spacial score (nSPS) is 14.6. The van der Waals surface area contributed by atoms with E-state index >= 15 is 0 Å². The lowest BCUT2D eigenvalue weighted by molar-refractivity contribution is 0.376. The van der Waals surface area contributed by atoms with Gasteiger partial charge in [-0.25, -0.2) is 0 Å². The quantitative estimate of drug-likeness (QED) is 0.637. The van der Waals surface area contributed by atoms with E-state index in [1.54, 1.807) is 7.11 Å². The monoisotopic (exact) mass is 353 g/mol. The Morgan fingerprint density at radius 1 is 0.885 bits per heavy atom. The summed E-state index contributed by atoms with van der Waals surface area (Å²) < 4.78 is 11.9. The van der Waals surface area contributed by atoms with E-state index in [1.807, 2.05) is 6.07 Å². The van der Waals surface area contributed by atoms with E-state index in [-0.39, 0.29) is 0 Å². The van der Waals surface area contributed by atoms with Gasteiger partial charge in [-0.3, -0.25) is 0 Å². The average molecular weight is 354 g/mol. The fraction of sp³-hybridized carbons (Fsp3) is 0.478. The van der Waals surface area contributed by atoms with E-state index in [4.69, 9.17) is 9.47 Å². The predicted molar refractivity (Wildman–Crippen MR) is 109 cm³/mol. The van der Waals surface area contributed by atoms with Gasteiger partial charge in [0.15, 0.2) is 11.5 Å². The molecule has 1 fully saturated rings. The molecule has 0 bridgehead atoms. The molecule has 0 aromatic heterocycles. The van der Waals surface area contributed by atoms with Crippen LogP contribution in [-0.2, 0) is 0 Å². The number of benzene rings is 2. The maximum absolute atomic E-state index is 6.30. The minimum atomic E-state index is 0.463. The number of hydrogen-bond donors (Lipinski definition) is 0. The van der Waals surface area contributed by atoms with Crippen molar-refractivity contribution < 1.29 is 9.47 Å². The van der Waals surface area contributed by atoms with Crippen molar-refractivity contribution in [1.29, 1.82) is 0 Å². The maximum atomic E-state index is 6.30. The molecule has 0 N–H and O–H groups in total. The number of rotatable bonds is 5. The van der Waals surface area contributed by atoms with Crippen LogP contribution in [-0.4, -0.2) is 20.2 Å². The highest BCUT2D eigenvalue weighted by atomic mass is 16.5. The first-order chi connectivity index (χ1) is 12.5. The smallest absolute Gasteiger partial charge is 0.169 e. The van der Waals surface area contributed by atoms with Gasteiger partial charge in [-0.1, -0.05) is 19.9 Å². The largest absolute Gasteiger partial charge is 0.493 e. The molecular weight excluding hydrogens is 322 g/mol. The molecule has 1 heterocycles. The highest BCUT2D eigenvalue weighted by Crippen LogP contribution is 2.38. The number of piperidine rings is 1. The van der Waals surface area contributed by atoms with Gasteiger partial charge in [-0.15, -0.1) is 0 Å². The minimum Gasteiger partial charge on any atom is -0.493 e. The lowest BCUT2D eigenvalue weighted by Gasteiger charge is -2.30. The SMILES string of the molecule is COc1cc(C(C)C)ccc1Oc1c(C)cc(N2CCCCC2)cc1C. The van der Waals surface area contributed by atoms with Gasteiger partial charge in [-0.05, 0) is 80.0 Å². The van der Waals surface area contributed by atoms with Crippen molar-refractivity contribution in [2.75, 3.05) is 25.1 Å². The third-order valence-corrected chi connectivity index (χ3v) is 5.23. The molecule has 3 rings (SSSR count). The summed E-state index contributed by atoms with van der Waals surface area (Å²) in [6, 6.07) is 10.7. The Labute approximate surface area is 157 Å². The van der Waals surface area contributed by atoms with Crippen LogP contribution < -0.4 is 14.4 Å². The average Bonchev–Trinajstić information content (AvgIpc) is 2.65. The van der Waals surface area contributed by atoms with Gasteiger partial charge in [0, 0.05) is 18.8 Å². The van der Waals surface area contributed by atoms with Crippen molar-refractivity contribution in [3.05, 3.63) is 47.0 Å². The number of methoxy groups -OCH3 is 1. The molecule has 0 aliphatic carbocycles. The summed E-state index contributed by atoms with van der Waals surface area (Å²) >= 11 is 0. The third kappa shape index (κ3) is 3.98. The van der Waals surface area contributed by atoms with E-state index in [2.05, 4.69) is 56.9 Å². The zero-order valence-electron chi connectivity index (χ0n) is 16.8. The van der Waals surface area contributed by atoms with E-state index in [0.29, 0.717) is 5.92 Å². The van der Waals surface area contributed by atoms with E-state index in [1.165, 1.54) is 41.6 Å². The molecule has 3 nitrogen and oxygen atoms in total. The van der Waals surface area contributed by atoms with E-state index in [0.717, 1.165) is 30.3 Å². The third-order valence-electron chi connectivity index (χ3n) is 5.23. The van der Waals surface area contributed by atoms with Crippen LogP contribution in [0.4, 0.5) is 5.69 Å². The predicted octanol–water partition coefficient (Wildman–Crippen LogP) is 6.22. The first kappa shape index (κ1) is 18.6. The van der Waals surface area contributed by atoms with Crippen LogP contribution >= 0.6 is 0 Å². The number of aryl methyl sites for hydroxylation is 2. The molecule has 2 aromatic rings. The first-order valence-electron chi connectivity index (χ1n) is 9.71. The van der Waals surface area contributed by atoms with Crippen molar-refractivity contribution in [2.45, 2.75) is 52.9 Å². The van der Waals surface area contributed by atoms with Crippen LogP contribution in [0, 0.1) is 13.8 Å². The molecule has 0 spiro atoms. The van der Waals surface area contributed by atoms with Crippen molar-refractivity contribution in [1.82, 2.24) is 0 Å². The molecule has 0 saturated carbocycles. The summed E-state index contributed by atoms with van der Waals surface area (Å²) in [6.45, 7) is 10.9. The standard InChI is InChI=1S/C23H31NO2/c1-16(2)19-9-10-21(22(15-19)25-5)26-23-17(3)13-20(14-18(23)4)24-11-7-6-8-12-24/h9-10,13-16H,6-8,11-12H2,1-5H3. The van der Waals surface area contributed by atoms with Gasteiger partial charge >= 0.3 is 0 Å². The fourth-order valence-corrected chi connectivity index (χ4v) is 3.66. The van der Waals surface area contributed by atoms with Crippen LogP contribution in [0.15, 0.2) is 30.3 Å². The molecule has 1 aliphatic heterocycles. The Morgan fingerprint density at radius 3 is 2.12 bits per heavy atom. The fourth-order valence-electron chi connectivity index (χ4n) is 3.66. The maximum Gasteiger partial charge on any atom is 0.169 e. The van der Waals surface area contributed by atoms with Crippen LogP contribution in [0.5, 0.6) is 17.2 Å². The summed E-state index contributed by atoms with van der Waals surface area (Å²) in [5, 5.41) is 0. The molecule has 26 heavy (non-hydrogen) atoms.